The summed E-state index contributed by atoms with van der Waals surface area (Å²) in [5.41, 5.74) is 6.16. The molecule has 18 heavy (non-hydrogen) atoms. The molecule has 0 saturated heterocycles. The summed E-state index contributed by atoms with van der Waals surface area (Å²) in [7, 11) is 1.54. The summed E-state index contributed by atoms with van der Waals surface area (Å²) in [6.45, 7) is 0. The van der Waals surface area contributed by atoms with E-state index in [1.165, 1.54) is 19.2 Å². The molecule has 0 atom stereocenters. The molecular weight excluding hydrogens is 232 g/mol. The van der Waals surface area contributed by atoms with Gasteiger partial charge in [-0.05, 0) is 24.3 Å². The zero-order valence-electron chi connectivity index (χ0n) is 9.75. The Labute approximate surface area is 104 Å². The maximum Gasteiger partial charge on any atom is 0.276 e. The number of nitrogens with zero attached hydrogens (tertiary/aromatic N) is 2. The van der Waals surface area contributed by atoms with Gasteiger partial charge >= 0.3 is 0 Å². The number of nitrogens with two attached hydrogens (primary N) is 1. The number of para-hydroxylation sites is 2. The number of benzene rings is 1. The number of amides is 1. The van der Waals surface area contributed by atoms with Gasteiger partial charge in [0.25, 0.3) is 5.91 Å². The van der Waals surface area contributed by atoms with E-state index in [4.69, 9.17) is 10.5 Å². The van der Waals surface area contributed by atoms with Crippen LogP contribution in [0.5, 0.6) is 5.75 Å². The molecule has 92 valence electrons. The van der Waals surface area contributed by atoms with Crippen molar-refractivity contribution in [3.8, 4) is 5.75 Å². The molecule has 0 unspecified atom stereocenters. The van der Waals surface area contributed by atoms with Gasteiger partial charge in [0.2, 0.25) is 0 Å². The number of carbonyl (C=O) groups is 1. The van der Waals surface area contributed by atoms with Crippen LogP contribution in [0.1, 0.15) is 10.5 Å². The molecule has 0 spiro atoms. The van der Waals surface area contributed by atoms with Crippen LogP contribution in [0, 0.1) is 0 Å². The van der Waals surface area contributed by atoms with Crippen LogP contribution in [0.25, 0.3) is 0 Å². The normalized spacial score (nSPS) is 9.83. The van der Waals surface area contributed by atoms with Crippen molar-refractivity contribution in [2.45, 2.75) is 0 Å². The summed E-state index contributed by atoms with van der Waals surface area (Å²) in [5, 5.41) is 10.0. The summed E-state index contributed by atoms with van der Waals surface area (Å²) in [4.78, 5) is 11.9. The zero-order valence-corrected chi connectivity index (χ0v) is 9.75. The lowest BCUT2D eigenvalue weighted by Gasteiger charge is -2.08. The Morgan fingerprint density at radius 1 is 1.22 bits per heavy atom. The van der Waals surface area contributed by atoms with Crippen LogP contribution in [0.3, 0.4) is 0 Å². The highest BCUT2D eigenvalue weighted by atomic mass is 16.5. The Hall–Kier alpha value is -2.63. The molecule has 3 N–H and O–H groups in total. The summed E-state index contributed by atoms with van der Waals surface area (Å²) in [6, 6.07) is 10.1. The predicted molar refractivity (Wildman–Crippen MR) is 67.4 cm³/mol. The Morgan fingerprint density at radius 2 is 2.00 bits per heavy atom. The molecule has 0 aliphatic carbocycles. The average molecular weight is 244 g/mol. The number of aromatic nitrogens is 2. The van der Waals surface area contributed by atoms with E-state index >= 15 is 0 Å². The van der Waals surface area contributed by atoms with E-state index in [1.807, 2.05) is 6.07 Å². The minimum absolute atomic E-state index is 0.190. The first-order valence-corrected chi connectivity index (χ1v) is 5.24. The SMILES string of the molecule is COc1ccccc1NC(=O)c1ccc(N)nn1. The number of methoxy groups -OCH3 is 1. The number of hydrogen-bond acceptors (Lipinski definition) is 5. The quantitative estimate of drug-likeness (QED) is 0.849. The van der Waals surface area contributed by atoms with Crippen molar-refractivity contribution in [2.75, 3.05) is 18.2 Å². The minimum Gasteiger partial charge on any atom is -0.495 e. The number of hydrogen-bond donors (Lipinski definition) is 2. The number of rotatable bonds is 3. The standard InChI is InChI=1S/C12H12N4O2/c1-18-10-5-3-2-4-8(10)14-12(17)9-6-7-11(13)16-15-9/h2-7H,1H3,(H2,13,16)(H,14,17). The van der Waals surface area contributed by atoms with E-state index in [0.717, 1.165) is 0 Å². The van der Waals surface area contributed by atoms with Crippen LogP contribution in [-0.4, -0.2) is 23.2 Å². The summed E-state index contributed by atoms with van der Waals surface area (Å²) in [5.74, 6) is 0.477. The first-order chi connectivity index (χ1) is 8.70. The van der Waals surface area contributed by atoms with Gasteiger partial charge in [-0.25, -0.2) is 0 Å². The Kier molecular flexibility index (Phi) is 3.38. The highest BCUT2D eigenvalue weighted by Gasteiger charge is 2.10. The number of anilines is 2. The first-order valence-electron chi connectivity index (χ1n) is 5.24. The van der Waals surface area contributed by atoms with Gasteiger partial charge in [-0.1, -0.05) is 12.1 Å². The molecule has 0 fully saturated rings. The third-order valence-corrected chi connectivity index (χ3v) is 2.27. The Balaban J connectivity index is 2.18. The van der Waals surface area contributed by atoms with Crippen LogP contribution >= 0.6 is 0 Å². The molecule has 0 bridgehead atoms. The van der Waals surface area contributed by atoms with Crippen molar-refractivity contribution in [1.29, 1.82) is 0 Å². The average Bonchev–Trinajstić information content (AvgIpc) is 2.40. The summed E-state index contributed by atoms with van der Waals surface area (Å²) >= 11 is 0. The fraction of sp³-hybridized carbons (Fsp3) is 0.0833. The van der Waals surface area contributed by atoms with E-state index in [-0.39, 0.29) is 17.4 Å². The van der Waals surface area contributed by atoms with Gasteiger partial charge in [0.1, 0.15) is 11.6 Å². The first kappa shape index (κ1) is 11.8. The third kappa shape index (κ3) is 2.54. The minimum atomic E-state index is -0.369. The van der Waals surface area contributed by atoms with Crippen molar-refractivity contribution in [3.63, 3.8) is 0 Å². The van der Waals surface area contributed by atoms with Crippen LogP contribution in [0.2, 0.25) is 0 Å². The van der Waals surface area contributed by atoms with Crippen LogP contribution in [-0.2, 0) is 0 Å². The monoisotopic (exact) mass is 244 g/mol. The lowest BCUT2D eigenvalue weighted by Crippen LogP contribution is -2.15. The number of nitrogens with one attached hydrogen (secondary N) is 1. The molecule has 2 aromatic rings. The maximum absolute atomic E-state index is 11.9. The number of ether oxygens (including phenoxy) is 1. The van der Waals surface area contributed by atoms with Crippen molar-refractivity contribution >= 4 is 17.4 Å². The molecule has 1 amide bonds. The summed E-state index contributed by atoms with van der Waals surface area (Å²) < 4.78 is 5.13. The van der Waals surface area contributed by atoms with Gasteiger partial charge < -0.3 is 15.8 Å². The second-order valence-corrected chi connectivity index (χ2v) is 3.50. The fourth-order valence-corrected chi connectivity index (χ4v) is 1.40. The molecule has 2 rings (SSSR count). The van der Waals surface area contributed by atoms with Crippen LogP contribution in [0.15, 0.2) is 36.4 Å². The molecule has 0 aliphatic heterocycles. The smallest absolute Gasteiger partial charge is 0.276 e. The van der Waals surface area contributed by atoms with Gasteiger partial charge in [-0.2, -0.15) is 0 Å². The fourth-order valence-electron chi connectivity index (χ4n) is 1.40. The van der Waals surface area contributed by atoms with E-state index in [9.17, 15) is 4.79 Å². The second-order valence-electron chi connectivity index (χ2n) is 3.50. The highest BCUT2D eigenvalue weighted by molar-refractivity contribution is 6.03. The Morgan fingerprint density at radius 3 is 2.67 bits per heavy atom. The predicted octanol–water partition coefficient (Wildman–Crippen LogP) is 1.32. The van der Waals surface area contributed by atoms with Gasteiger partial charge in [-0.15, -0.1) is 10.2 Å². The molecule has 0 aliphatic rings. The molecule has 1 heterocycles. The van der Waals surface area contributed by atoms with Crippen molar-refractivity contribution in [3.05, 3.63) is 42.1 Å². The highest BCUT2D eigenvalue weighted by Crippen LogP contribution is 2.23. The van der Waals surface area contributed by atoms with Gasteiger partial charge in [-0.3, -0.25) is 4.79 Å². The number of carbonyl (C=O) groups excluding carboxylic acids is 1. The second kappa shape index (κ2) is 5.13. The maximum atomic E-state index is 11.9. The molecular formula is C12H12N4O2. The molecule has 1 aromatic carbocycles. The summed E-state index contributed by atoms with van der Waals surface area (Å²) in [6.07, 6.45) is 0. The molecule has 6 heteroatoms. The van der Waals surface area contributed by atoms with E-state index in [2.05, 4.69) is 15.5 Å². The van der Waals surface area contributed by atoms with Crippen molar-refractivity contribution in [1.82, 2.24) is 10.2 Å². The van der Waals surface area contributed by atoms with E-state index in [0.29, 0.717) is 11.4 Å². The van der Waals surface area contributed by atoms with E-state index < -0.39 is 0 Å². The zero-order chi connectivity index (χ0) is 13.0. The largest absolute Gasteiger partial charge is 0.495 e. The third-order valence-electron chi connectivity index (χ3n) is 2.27. The molecule has 6 nitrogen and oxygen atoms in total. The Bertz CT molecular complexity index is 554. The van der Waals surface area contributed by atoms with Gasteiger partial charge in [0.05, 0.1) is 12.8 Å². The van der Waals surface area contributed by atoms with E-state index in [1.54, 1.807) is 18.2 Å². The lowest BCUT2D eigenvalue weighted by molar-refractivity contribution is 0.102. The van der Waals surface area contributed by atoms with Gasteiger partial charge in [0, 0.05) is 0 Å². The van der Waals surface area contributed by atoms with Crippen LogP contribution in [0.4, 0.5) is 11.5 Å². The topological polar surface area (TPSA) is 90.1 Å². The molecule has 1 aromatic heterocycles. The van der Waals surface area contributed by atoms with Gasteiger partial charge in [0.15, 0.2) is 5.69 Å². The molecule has 0 radical (unpaired) electrons. The lowest BCUT2D eigenvalue weighted by atomic mass is 10.2. The molecule has 0 saturated carbocycles. The number of nitrogen functional groups attached to an aromatic ring is 1. The van der Waals surface area contributed by atoms with Crippen molar-refractivity contribution < 1.29 is 9.53 Å². The van der Waals surface area contributed by atoms with Crippen molar-refractivity contribution in [2.24, 2.45) is 0 Å². The van der Waals surface area contributed by atoms with Crippen LogP contribution < -0.4 is 15.8 Å².